The van der Waals surface area contributed by atoms with Crippen molar-refractivity contribution in [2.45, 2.75) is 6.92 Å². The Balaban J connectivity index is 1.93. The number of nitrogens with one attached hydrogen (secondary N) is 1. The number of para-hydroxylation sites is 2. The van der Waals surface area contributed by atoms with Gasteiger partial charge in [0.2, 0.25) is 0 Å². The molecule has 4 rings (SSSR count). The van der Waals surface area contributed by atoms with Crippen LogP contribution in [0.25, 0.3) is 22.4 Å². The standard InChI is InChI=1S/C26H23N3O3/c1-3-32-21-17-11-10-16-20(21)27-25(30)23-22(18-12-6-4-7-13-18)24(28-29(2)26(23)31)19-14-8-5-9-15-19/h4-17H,3H2,1-2H3,(H,27,30). The van der Waals surface area contributed by atoms with Crippen LogP contribution in [-0.4, -0.2) is 22.3 Å². The SMILES string of the molecule is CCOc1ccccc1NC(=O)c1c(-c2ccccc2)c(-c2ccccc2)nn(C)c1=O. The Bertz CT molecular complexity index is 1300. The van der Waals surface area contributed by atoms with Crippen molar-refractivity contribution in [3.63, 3.8) is 0 Å². The van der Waals surface area contributed by atoms with Crippen molar-refractivity contribution >= 4 is 11.6 Å². The summed E-state index contributed by atoms with van der Waals surface area (Å²) in [6.45, 7) is 2.33. The molecule has 0 saturated heterocycles. The predicted molar refractivity (Wildman–Crippen MR) is 126 cm³/mol. The summed E-state index contributed by atoms with van der Waals surface area (Å²) in [5.41, 5.74) is 2.64. The minimum absolute atomic E-state index is 0.0267. The first-order chi connectivity index (χ1) is 15.6. The molecule has 0 bridgehead atoms. The van der Waals surface area contributed by atoms with Gasteiger partial charge < -0.3 is 10.1 Å². The van der Waals surface area contributed by atoms with Gasteiger partial charge in [0.15, 0.2) is 0 Å². The maximum atomic E-state index is 13.5. The number of rotatable bonds is 6. The summed E-state index contributed by atoms with van der Waals surface area (Å²) in [6, 6.07) is 26.0. The first-order valence-electron chi connectivity index (χ1n) is 10.4. The first kappa shape index (κ1) is 21.1. The molecule has 0 saturated carbocycles. The van der Waals surface area contributed by atoms with E-state index in [-0.39, 0.29) is 5.56 Å². The lowest BCUT2D eigenvalue weighted by Gasteiger charge is -2.17. The van der Waals surface area contributed by atoms with Gasteiger partial charge in [0.25, 0.3) is 11.5 Å². The Morgan fingerprint density at radius 1 is 0.906 bits per heavy atom. The highest BCUT2D eigenvalue weighted by molar-refractivity contribution is 6.10. The Hall–Kier alpha value is -4.19. The molecule has 160 valence electrons. The fraction of sp³-hybridized carbons (Fsp3) is 0.115. The smallest absolute Gasteiger partial charge is 0.280 e. The number of carbonyl (C=O) groups excluding carboxylic acids is 1. The topological polar surface area (TPSA) is 73.2 Å². The highest BCUT2D eigenvalue weighted by atomic mass is 16.5. The summed E-state index contributed by atoms with van der Waals surface area (Å²) in [7, 11) is 1.55. The van der Waals surface area contributed by atoms with Gasteiger partial charge >= 0.3 is 0 Å². The number of nitrogens with zero attached hydrogens (tertiary/aromatic N) is 2. The summed E-state index contributed by atoms with van der Waals surface area (Å²) in [5.74, 6) is 0.0231. The number of benzene rings is 3. The lowest BCUT2D eigenvalue weighted by molar-refractivity contribution is 0.102. The van der Waals surface area contributed by atoms with Gasteiger partial charge in [0.1, 0.15) is 11.3 Å². The molecule has 1 aromatic heterocycles. The van der Waals surface area contributed by atoms with Crippen LogP contribution in [0.4, 0.5) is 5.69 Å². The van der Waals surface area contributed by atoms with Gasteiger partial charge in [-0.2, -0.15) is 5.10 Å². The molecular formula is C26H23N3O3. The van der Waals surface area contributed by atoms with Gasteiger partial charge in [-0.05, 0) is 24.6 Å². The van der Waals surface area contributed by atoms with Crippen LogP contribution in [0.3, 0.4) is 0 Å². The van der Waals surface area contributed by atoms with Gasteiger partial charge in [0, 0.05) is 18.2 Å². The van der Waals surface area contributed by atoms with Crippen LogP contribution in [-0.2, 0) is 7.05 Å². The molecule has 0 atom stereocenters. The molecule has 4 aromatic rings. The van der Waals surface area contributed by atoms with E-state index in [1.165, 1.54) is 4.68 Å². The molecule has 1 N–H and O–H groups in total. The van der Waals surface area contributed by atoms with E-state index in [2.05, 4.69) is 10.4 Å². The fourth-order valence-corrected chi connectivity index (χ4v) is 3.56. The summed E-state index contributed by atoms with van der Waals surface area (Å²) in [5, 5.41) is 7.38. The molecule has 0 aliphatic carbocycles. The van der Waals surface area contributed by atoms with Crippen molar-refractivity contribution in [3.8, 4) is 28.1 Å². The summed E-state index contributed by atoms with van der Waals surface area (Å²) >= 11 is 0. The van der Waals surface area contributed by atoms with E-state index in [0.717, 1.165) is 11.1 Å². The fourth-order valence-electron chi connectivity index (χ4n) is 3.56. The zero-order valence-corrected chi connectivity index (χ0v) is 17.9. The van der Waals surface area contributed by atoms with Crippen LogP contribution in [0.2, 0.25) is 0 Å². The maximum Gasteiger partial charge on any atom is 0.280 e. The molecule has 1 heterocycles. The molecule has 3 aromatic carbocycles. The number of ether oxygens (including phenoxy) is 1. The lowest BCUT2D eigenvalue weighted by Crippen LogP contribution is -2.31. The van der Waals surface area contributed by atoms with Crippen molar-refractivity contribution in [1.29, 1.82) is 0 Å². The van der Waals surface area contributed by atoms with E-state index in [1.54, 1.807) is 25.2 Å². The second kappa shape index (κ2) is 9.31. The first-order valence-corrected chi connectivity index (χ1v) is 10.4. The zero-order chi connectivity index (χ0) is 22.5. The second-order valence-corrected chi connectivity index (χ2v) is 7.14. The number of hydrogen-bond donors (Lipinski definition) is 1. The average Bonchev–Trinajstić information content (AvgIpc) is 2.83. The van der Waals surface area contributed by atoms with Crippen LogP contribution in [0.5, 0.6) is 5.75 Å². The minimum atomic E-state index is -0.517. The van der Waals surface area contributed by atoms with Gasteiger partial charge in [-0.1, -0.05) is 72.8 Å². The third-order valence-corrected chi connectivity index (χ3v) is 5.02. The molecule has 0 unspecified atom stereocenters. The van der Waals surface area contributed by atoms with Crippen molar-refractivity contribution in [2.24, 2.45) is 7.05 Å². The van der Waals surface area contributed by atoms with Crippen molar-refractivity contribution in [3.05, 3.63) is 101 Å². The van der Waals surface area contributed by atoms with E-state index in [4.69, 9.17) is 4.74 Å². The molecule has 1 amide bonds. The predicted octanol–water partition coefficient (Wildman–Crippen LogP) is 4.77. The van der Waals surface area contributed by atoms with Crippen LogP contribution >= 0.6 is 0 Å². The maximum absolute atomic E-state index is 13.5. The Labute approximate surface area is 186 Å². The van der Waals surface area contributed by atoms with Crippen molar-refractivity contribution in [1.82, 2.24) is 9.78 Å². The number of hydrogen-bond acceptors (Lipinski definition) is 4. The number of anilines is 1. The largest absolute Gasteiger partial charge is 0.492 e. The third-order valence-electron chi connectivity index (χ3n) is 5.02. The lowest BCUT2D eigenvalue weighted by atomic mass is 9.95. The Morgan fingerprint density at radius 3 is 2.16 bits per heavy atom. The molecule has 0 radical (unpaired) electrons. The van der Waals surface area contributed by atoms with Crippen molar-refractivity contribution in [2.75, 3.05) is 11.9 Å². The van der Waals surface area contributed by atoms with Crippen LogP contribution in [0.15, 0.2) is 89.7 Å². The van der Waals surface area contributed by atoms with Crippen molar-refractivity contribution < 1.29 is 9.53 Å². The van der Waals surface area contributed by atoms with E-state index in [9.17, 15) is 9.59 Å². The number of aryl methyl sites for hydroxylation is 1. The quantitative estimate of drug-likeness (QED) is 0.483. The Kier molecular flexibility index (Phi) is 6.12. The minimum Gasteiger partial charge on any atom is -0.492 e. The number of amides is 1. The normalized spacial score (nSPS) is 10.6. The monoisotopic (exact) mass is 425 g/mol. The van der Waals surface area contributed by atoms with E-state index in [0.29, 0.717) is 29.3 Å². The van der Waals surface area contributed by atoms with E-state index >= 15 is 0 Å². The van der Waals surface area contributed by atoms with Gasteiger partial charge in [-0.25, -0.2) is 4.68 Å². The zero-order valence-electron chi connectivity index (χ0n) is 17.9. The van der Waals surface area contributed by atoms with Gasteiger partial charge in [-0.15, -0.1) is 0 Å². The molecule has 0 aliphatic heterocycles. The molecule has 0 aliphatic rings. The molecular weight excluding hydrogens is 402 g/mol. The summed E-state index contributed by atoms with van der Waals surface area (Å²) < 4.78 is 6.83. The van der Waals surface area contributed by atoms with E-state index in [1.807, 2.05) is 73.7 Å². The molecule has 32 heavy (non-hydrogen) atoms. The molecule has 0 fully saturated rings. The second-order valence-electron chi connectivity index (χ2n) is 7.14. The molecule has 6 heteroatoms. The average molecular weight is 425 g/mol. The molecule has 0 spiro atoms. The van der Waals surface area contributed by atoms with E-state index < -0.39 is 11.5 Å². The number of carbonyl (C=O) groups is 1. The summed E-state index contributed by atoms with van der Waals surface area (Å²) in [6.07, 6.45) is 0. The van der Waals surface area contributed by atoms with Gasteiger partial charge in [0.05, 0.1) is 18.0 Å². The highest BCUT2D eigenvalue weighted by Crippen LogP contribution is 2.33. The molecule has 6 nitrogen and oxygen atoms in total. The van der Waals surface area contributed by atoms with Crippen LogP contribution in [0, 0.1) is 0 Å². The highest BCUT2D eigenvalue weighted by Gasteiger charge is 2.25. The Morgan fingerprint density at radius 2 is 1.50 bits per heavy atom. The van der Waals surface area contributed by atoms with Gasteiger partial charge in [-0.3, -0.25) is 9.59 Å². The third kappa shape index (κ3) is 4.16. The van der Waals surface area contributed by atoms with Crippen LogP contribution in [0.1, 0.15) is 17.3 Å². The summed E-state index contributed by atoms with van der Waals surface area (Å²) in [4.78, 5) is 26.7. The van der Waals surface area contributed by atoms with Crippen LogP contribution < -0.4 is 15.6 Å². The number of aromatic nitrogens is 2.